The van der Waals surface area contributed by atoms with Crippen molar-refractivity contribution in [3.05, 3.63) is 35.4 Å². The molecule has 1 N–H and O–H groups in total. The van der Waals surface area contributed by atoms with E-state index in [0.717, 1.165) is 32.6 Å². The first-order valence-electron chi connectivity index (χ1n) is 7.41. The summed E-state index contributed by atoms with van der Waals surface area (Å²) in [4.78, 5) is 14.1. The number of hydrogen-bond donors (Lipinski definition) is 1. The van der Waals surface area contributed by atoms with Crippen LogP contribution >= 0.6 is 0 Å². The molecule has 3 nitrogen and oxygen atoms in total. The molecule has 2 heterocycles. The standard InChI is InChI=1S/C16H22N2O/c19-16(18-9-3-4-10-18)8-7-14-12-17-11-13-5-1-2-6-15(13)14/h1-2,5-6,14,17H,3-4,7-12H2. The Kier molecular flexibility index (Phi) is 3.83. The number of fused-ring (bicyclic) bond motifs is 1. The van der Waals surface area contributed by atoms with Crippen LogP contribution in [0.2, 0.25) is 0 Å². The van der Waals surface area contributed by atoms with Gasteiger partial charge >= 0.3 is 0 Å². The molecule has 1 aromatic carbocycles. The van der Waals surface area contributed by atoms with Crippen LogP contribution in [0.15, 0.2) is 24.3 Å². The second-order valence-electron chi connectivity index (χ2n) is 5.65. The average Bonchev–Trinajstić information content (AvgIpc) is 2.99. The third-order valence-electron chi connectivity index (χ3n) is 4.37. The van der Waals surface area contributed by atoms with Crippen molar-refractivity contribution >= 4 is 5.91 Å². The van der Waals surface area contributed by atoms with Gasteiger partial charge in [-0.25, -0.2) is 0 Å². The monoisotopic (exact) mass is 258 g/mol. The zero-order valence-corrected chi connectivity index (χ0v) is 11.4. The lowest BCUT2D eigenvalue weighted by Gasteiger charge is -2.27. The molecule has 19 heavy (non-hydrogen) atoms. The Bertz CT molecular complexity index is 452. The Morgan fingerprint density at radius 2 is 2.05 bits per heavy atom. The van der Waals surface area contributed by atoms with Crippen LogP contribution in [0.25, 0.3) is 0 Å². The van der Waals surface area contributed by atoms with Crippen LogP contribution in [-0.4, -0.2) is 30.4 Å². The van der Waals surface area contributed by atoms with Crippen LogP contribution in [0.3, 0.4) is 0 Å². The highest BCUT2D eigenvalue weighted by molar-refractivity contribution is 5.76. The van der Waals surface area contributed by atoms with E-state index in [2.05, 4.69) is 29.6 Å². The third-order valence-corrected chi connectivity index (χ3v) is 4.37. The summed E-state index contributed by atoms with van der Waals surface area (Å²) in [6.45, 7) is 3.91. The van der Waals surface area contributed by atoms with Crippen LogP contribution in [0, 0.1) is 0 Å². The highest BCUT2D eigenvalue weighted by Crippen LogP contribution is 2.28. The molecule has 0 bridgehead atoms. The molecular weight excluding hydrogens is 236 g/mol. The molecule has 2 aliphatic rings. The number of likely N-dealkylation sites (tertiary alicyclic amines) is 1. The van der Waals surface area contributed by atoms with Crippen molar-refractivity contribution in [3.8, 4) is 0 Å². The number of carbonyl (C=O) groups excluding carboxylic acids is 1. The Morgan fingerprint density at radius 3 is 2.89 bits per heavy atom. The quantitative estimate of drug-likeness (QED) is 0.902. The van der Waals surface area contributed by atoms with Gasteiger partial charge in [-0.2, -0.15) is 0 Å². The molecule has 3 rings (SSSR count). The second kappa shape index (κ2) is 5.74. The zero-order chi connectivity index (χ0) is 13.1. The van der Waals surface area contributed by atoms with Gasteiger partial charge < -0.3 is 10.2 Å². The predicted octanol–water partition coefficient (Wildman–Crippen LogP) is 2.28. The smallest absolute Gasteiger partial charge is 0.222 e. The molecule has 0 spiro atoms. The number of carbonyl (C=O) groups is 1. The summed E-state index contributed by atoms with van der Waals surface area (Å²) in [5.74, 6) is 0.844. The van der Waals surface area contributed by atoms with Crippen molar-refractivity contribution in [2.24, 2.45) is 0 Å². The minimum Gasteiger partial charge on any atom is -0.343 e. The van der Waals surface area contributed by atoms with Crippen molar-refractivity contribution in [2.75, 3.05) is 19.6 Å². The fraction of sp³-hybridized carbons (Fsp3) is 0.562. The molecule has 1 aromatic rings. The molecule has 1 atom stereocenters. The number of hydrogen-bond acceptors (Lipinski definition) is 2. The molecule has 1 unspecified atom stereocenters. The van der Waals surface area contributed by atoms with E-state index in [1.165, 1.54) is 24.0 Å². The lowest BCUT2D eigenvalue weighted by molar-refractivity contribution is -0.130. The van der Waals surface area contributed by atoms with Gasteiger partial charge in [0.1, 0.15) is 0 Å². The molecule has 1 fully saturated rings. The van der Waals surface area contributed by atoms with Gasteiger partial charge in [0.05, 0.1) is 0 Å². The van der Waals surface area contributed by atoms with Crippen LogP contribution in [0.5, 0.6) is 0 Å². The maximum atomic E-state index is 12.1. The van der Waals surface area contributed by atoms with Crippen molar-refractivity contribution in [3.63, 3.8) is 0 Å². The van der Waals surface area contributed by atoms with Crippen LogP contribution < -0.4 is 5.32 Å². The Hall–Kier alpha value is -1.35. The second-order valence-corrected chi connectivity index (χ2v) is 5.65. The van der Waals surface area contributed by atoms with Gasteiger partial charge in [0.2, 0.25) is 5.91 Å². The topological polar surface area (TPSA) is 32.3 Å². The zero-order valence-electron chi connectivity index (χ0n) is 11.4. The van der Waals surface area contributed by atoms with E-state index in [0.29, 0.717) is 18.2 Å². The first kappa shape index (κ1) is 12.7. The predicted molar refractivity (Wildman–Crippen MR) is 75.9 cm³/mol. The van der Waals surface area contributed by atoms with Crippen LogP contribution in [-0.2, 0) is 11.3 Å². The normalized spacial score (nSPS) is 22.3. The Morgan fingerprint density at radius 1 is 1.26 bits per heavy atom. The van der Waals surface area contributed by atoms with E-state index >= 15 is 0 Å². The van der Waals surface area contributed by atoms with E-state index in [1.807, 2.05) is 4.90 Å². The van der Waals surface area contributed by atoms with Crippen LogP contribution in [0.4, 0.5) is 0 Å². The molecular formula is C16H22N2O. The summed E-state index contributed by atoms with van der Waals surface area (Å²) in [6.07, 6.45) is 4.03. The van der Waals surface area contributed by atoms with Gasteiger partial charge in [-0.1, -0.05) is 24.3 Å². The highest BCUT2D eigenvalue weighted by Gasteiger charge is 2.22. The molecule has 2 aliphatic heterocycles. The molecule has 0 aliphatic carbocycles. The minimum atomic E-state index is 0.348. The van der Waals surface area contributed by atoms with E-state index < -0.39 is 0 Å². The first-order valence-corrected chi connectivity index (χ1v) is 7.41. The first-order chi connectivity index (χ1) is 9.34. The van der Waals surface area contributed by atoms with Gasteiger partial charge in [-0.15, -0.1) is 0 Å². The van der Waals surface area contributed by atoms with Gasteiger partial charge in [0.25, 0.3) is 0 Å². The number of rotatable bonds is 3. The summed E-state index contributed by atoms with van der Waals surface area (Å²) in [5, 5.41) is 3.46. The Labute approximate surface area is 115 Å². The number of nitrogens with zero attached hydrogens (tertiary/aromatic N) is 1. The van der Waals surface area contributed by atoms with Gasteiger partial charge in [0, 0.05) is 32.6 Å². The maximum absolute atomic E-state index is 12.1. The highest BCUT2D eigenvalue weighted by atomic mass is 16.2. The van der Waals surface area contributed by atoms with E-state index in [1.54, 1.807) is 0 Å². The lowest BCUT2D eigenvalue weighted by Crippen LogP contribution is -2.31. The summed E-state index contributed by atoms with van der Waals surface area (Å²) in [5.41, 5.74) is 2.84. The molecule has 1 saturated heterocycles. The SMILES string of the molecule is O=C(CCC1CNCc2ccccc21)N1CCCC1. The van der Waals surface area contributed by atoms with E-state index in [9.17, 15) is 4.79 Å². The molecule has 3 heteroatoms. The maximum Gasteiger partial charge on any atom is 0.222 e. The summed E-state index contributed by atoms with van der Waals surface area (Å²) in [7, 11) is 0. The largest absolute Gasteiger partial charge is 0.343 e. The van der Waals surface area contributed by atoms with Crippen molar-refractivity contribution in [2.45, 2.75) is 38.1 Å². The summed E-state index contributed by atoms with van der Waals surface area (Å²) < 4.78 is 0. The van der Waals surface area contributed by atoms with Crippen molar-refractivity contribution < 1.29 is 4.79 Å². The van der Waals surface area contributed by atoms with Crippen LogP contribution in [0.1, 0.15) is 42.7 Å². The van der Waals surface area contributed by atoms with Gasteiger partial charge in [-0.3, -0.25) is 4.79 Å². The number of nitrogens with one attached hydrogen (secondary N) is 1. The van der Waals surface area contributed by atoms with E-state index in [-0.39, 0.29) is 0 Å². The van der Waals surface area contributed by atoms with E-state index in [4.69, 9.17) is 0 Å². The Balaban J connectivity index is 1.60. The lowest BCUT2D eigenvalue weighted by atomic mass is 9.87. The number of amides is 1. The summed E-state index contributed by atoms with van der Waals surface area (Å²) in [6, 6.07) is 8.62. The van der Waals surface area contributed by atoms with Gasteiger partial charge in [0.15, 0.2) is 0 Å². The molecule has 0 saturated carbocycles. The summed E-state index contributed by atoms with van der Waals surface area (Å²) >= 11 is 0. The average molecular weight is 258 g/mol. The molecule has 0 radical (unpaired) electrons. The molecule has 102 valence electrons. The van der Waals surface area contributed by atoms with Crippen molar-refractivity contribution in [1.29, 1.82) is 0 Å². The fourth-order valence-electron chi connectivity index (χ4n) is 3.26. The minimum absolute atomic E-state index is 0.348. The van der Waals surface area contributed by atoms with Gasteiger partial charge in [-0.05, 0) is 36.3 Å². The molecule has 0 aromatic heterocycles. The fourth-order valence-corrected chi connectivity index (χ4v) is 3.26. The molecule has 1 amide bonds. The number of benzene rings is 1. The van der Waals surface area contributed by atoms with Crippen molar-refractivity contribution in [1.82, 2.24) is 10.2 Å². The third kappa shape index (κ3) is 2.81.